The van der Waals surface area contributed by atoms with Gasteiger partial charge in [-0.3, -0.25) is 9.59 Å². The summed E-state index contributed by atoms with van der Waals surface area (Å²) in [6, 6.07) is 9.71. The maximum absolute atomic E-state index is 12.5. The molecule has 1 aliphatic heterocycles. The van der Waals surface area contributed by atoms with E-state index in [1.807, 2.05) is 30.3 Å². The first-order valence-electron chi connectivity index (χ1n) is 8.01. The number of rotatable bonds is 5. The third-order valence-electron chi connectivity index (χ3n) is 4.14. The van der Waals surface area contributed by atoms with Gasteiger partial charge >= 0.3 is 12.0 Å². The van der Waals surface area contributed by atoms with Crippen LogP contribution < -0.4 is 5.32 Å². The number of nitrogens with zero attached hydrogens (tertiary/aromatic N) is 2. The van der Waals surface area contributed by atoms with E-state index in [0.717, 1.165) is 5.56 Å². The standard InChI is InChI=1S/C17H23N3O4/c1-19(12-13-5-3-2-4-6-13)17(24)20-9-7-14(8-10-20)16(23)18-11-15(21)22/h2-6,14H,7-12H2,1H3,(H,18,23)(H,21,22). The number of amides is 3. The Balaban J connectivity index is 1.79. The van der Waals surface area contributed by atoms with E-state index in [1.54, 1.807) is 16.8 Å². The Morgan fingerprint density at radius 1 is 1.21 bits per heavy atom. The molecule has 2 rings (SSSR count). The number of piperidine rings is 1. The van der Waals surface area contributed by atoms with E-state index in [0.29, 0.717) is 32.5 Å². The molecule has 1 aliphatic rings. The summed E-state index contributed by atoms with van der Waals surface area (Å²) in [4.78, 5) is 38.2. The van der Waals surface area contributed by atoms with Crippen LogP contribution in [0.2, 0.25) is 0 Å². The van der Waals surface area contributed by atoms with Gasteiger partial charge in [-0.15, -0.1) is 0 Å². The van der Waals surface area contributed by atoms with Crippen molar-refractivity contribution in [3.8, 4) is 0 Å². The molecule has 0 saturated carbocycles. The first-order chi connectivity index (χ1) is 11.5. The van der Waals surface area contributed by atoms with Crippen molar-refractivity contribution in [1.82, 2.24) is 15.1 Å². The Hall–Kier alpha value is -2.57. The quantitative estimate of drug-likeness (QED) is 0.846. The van der Waals surface area contributed by atoms with Gasteiger partial charge in [0.2, 0.25) is 5.91 Å². The van der Waals surface area contributed by atoms with Gasteiger partial charge in [-0.1, -0.05) is 30.3 Å². The predicted octanol–water partition coefficient (Wildman–Crippen LogP) is 1.15. The van der Waals surface area contributed by atoms with Crippen LogP contribution in [0.1, 0.15) is 18.4 Å². The van der Waals surface area contributed by atoms with Crippen LogP contribution in [-0.4, -0.2) is 59.5 Å². The maximum Gasteiger partial charge on any atom is 0.322 e. The molecule has 7 nitrogen and oxygen atoms in total. The van der Waals surface area contributed by atoms with Crippen LogP contribution in [0.25, 0.3) is 0 Å². The first-order valence-corrected chi connectivity index (χ1v) is 8.01. The highest BCUT2D eigenvalue weighted by Crippen LogP contribution is 2.18. The van der Waals surface area contributed by atoms with Crippen LogP contribution in [0.5, 0.6) is 0 Å². The van der Waals surface area contributed by atoms with Crippen molar-refractivity contribution in [2.24, 2.45) is 5.92 Å². The zero-order valence-electron chi connectivity index (χ0n) is 13.8. The van der Waals surface area contributed by atoms with Crippen molar-refractivity contribution in [1.29, 1.82) is 0 Å². The van der Waals surface area contributed by atoms with Gasteiger partial charge < -0.3 is 20.2 Å². The number of hydrogen-bond donors (Lipinski definition) is 2. The van der Waals surface area contributed by atoms with E-state index >= 15 is 0 Å². The highest BCUT2D eigenvalue weighted by atomic mass is 16.4. The minimum atomic E-state index is -1.06. The van der Waals surface area contributed by atoms with Crippen molar-refractivity contribution >= 4 is 17.9 Å². The lowest BCUT2D eigenvalue weighted by atomic mass is 9.96. The van der Waals surface area contributed by atoms with Gasteiger partial charge in [0, 0.05) is 32.6 Å². The summed E-state index contributed by atoms with van der Waals surface area (Å²) in [6.45, 7) is 1.18. The number of carboxylic acid groups (broad SMARTS) is 1. The van der Waals surface area contributed by atoms with Gasteiger partial charge in [0.25, 0.3) is 0 Å². The van der Waals surface area contributed by atoms with Crippen molar-refractivity contribution in [3.63, 3.8) is 0 Å². The molecule has 2 N–H and O–H groups in total. The lowest BCUT2D eigenvalue weighted by Crippen LogP contribution is -2.47. The van der Waals surface area contributed by atoms with E-state index < -0.39 is 5.97 Å². The second-order valence-corrected chi connectivity index (χ2v) is 6.00. The zero-order chi connectivity index (χ0) is 17.5. The predicted molar refractivity (Wildman–Crippen MR) is 88.2 cm³/mol. The van der Waals surface area contributed by atoms with Crippen molar-refractivity contribution in [2.75, 3.05) is 26.7 Å². The molecule has 0 spiro atoms. The summed E-state index contributed by atoms with van der Waals surface area (Å²) >= 11 is 0. The average molecular weight is 333 g/mol. The smallest absolute Gasteiger partial charge is 0.322 e. The van der Waals surface area contributed by atoms with E-state index in [1.165, 1.54) is 0 Å². The molecule has 0 bridgehead atoms. The Morgan fingerprint density at radius 2 is 1.83 bits per heavy atom. The maximum atomic E-state index is 12.5. The number of aliphatic carboxylic acids is 1. The molecular weight excluding hydrogens is 310 g/mol. The molecule has 24 heavy (non-hydrogen) atoms. The summed E-state index contributed by atoms with van der Waals surface area (Å²) in [7, 11) is 1.76. The molecule has 1 aromatic rings. The van der Waals surface area contributed by atoms with Gasteiger partial charge in [-0.2, -0.15) is 0 Å². The van der Waals surface area contributed by atoms with E-state index in [9.17, 15) is 14.4 Å². The second kappa shape index (κ2) is 8.33. The molecule has 0 unspecified atom stereocenters. The molecule has 0 radical (unpaired) electrons. The molecule has 0 aromatic heterocycles. The number of carbonyl (C=O) groups is 3. The van der Waals surface area contributed by atoms with Gasteiger partial charge in [0.05, 0.1) is 0 Å². The van der Waals surface area contributed by atoms with Crippen LogP contribution in [0.4, 0.5) is 4.79 Å². The third kappa shape index (κ3) is 4.97. The van der Waals surface area contributed by atoms with Crippen LogP contribution in [0, 0.1) is 5.92 Å². The van der Waals surface area contributed by atoms with Gasteiger partial charge in [-0.05, 0) is 18.4 Å². The number of benzene rings is 1. The molecule has 130 valence electrons. The number of urea groups is 1. The minimum absolute atomic E-state index is 0.0525. The summed E-state index contributed by atoms with van der Waals surface area (Å²) in [5, 5.41) is 11.0. The number of likely N-dealkylation sites (tertiary alicyclic amines) is 1. The molecular formula is C17H23N3O4. The topological polar surface area (TPSA) is 90.0 Å². The summed E-state index contributed by atoms with van der Waals surface area (Å²) in [5.41, 5.74) is 1.07. The van der Waals surface area contributed by atoms with Gasteiger partial charge in [0.15, 0.2) is 0 Å². The zero-order valence-corrected chi connectivity index (χ0v) is 13.8. The van der Waals surface area contributed by atoms with Crippen LogP contribution in [0.3, 0.4) is 0 Å². The summed E-state index contributed by atoms with van der Waals surface area (Å²) in [5.74, 6) is -1.53. The molecule has 3 amide bonds. The van der Waals surface area contributed by atoms with Gasteiger partial charge in [-0.25, -0.2) is 4.79 Å². The molecule has 7 heteroatoms. The third-order valence-corrected chi connectivity index (χ3v) is 4.14. The van der Waals surface area contributed by atoms with Crippen molar-refractivity contribution in [3.05, 3.63) is 35.9 Å². The van der Waals surface area contributed by atoms with Gasteiger partial charge in [0.1, 0.15) is 6.54 Å². The number of carboxylic acids is 1. The lowest BCUT2D eigenvalue weighted by molar-refractivity contribution is -0.138. The largest absolute Gasteiger partial charge is 0.480 e. The molecule has 1 heterocycles. The van der Waals surface area contributed by atoms with Crippen LogP contribution in [0.15, 0.2) is 30.3 Å². The highest BCUT2D eigenvalue weighted by molar-refractivity contribution is 5.83. The normalized spacial score (nSPS) is 15.0. The summed E-state index contributed by atoms with van der Waals surface area (Å²) in [6.07, 6.45) is 1.10. The first kappa shape index (κ1) is 17.8. The monoisotopic (exact) mass is 333 g/mol. The highest BCUT2D eigenvalue weighted by Gasteiger charge is 2.28. The minimum Gasteiger partial charge on any atom is -0.480 e. The molecule has 1 saturated heterocycles. The fourth-order valence-electron chi connectivity index (χ4n) is 2.81. The number of nitrogens with one attached hydrogen (secondary N) is 1. The van der Waals surface area contributed by atoms with E-state index in [-0.39, 0.29) is 24.4 Å². The molecule has 0 atom stereocenters. The number of hydrogen-bond acceptors (Lipinski definition) is 3. The van der Waals surface area contributed by atoms with Crippen LogP contribution in [-0.2, 0) is 16.1 Å². The second-order valence-electron chi connectivity index (χ2n) is 6.00. The SMILES string of the molecule is CN(Cc1ccccc1)C(=O)N1CCC(C(=O)NCC(=O)O)CC1. The Morgan fingerprint density at radius 3 is 2.42 bits per heavy atom. The van der Waals surface area contributed by atoms with E-state index in [2.05, 4.69) is 5.32 Å². The molecule has 1 aromatic carbocycles. The van der Waals surface area contributed by atoms with Crippen molar-refractivity contribution in [2.45, 2.75) is 19.4 Å². The number of carbonyl (C=O) groups excluding carboxylic acids is 2. The van der Waals surface area contributed by atoms with Crippen LogP contribution >= 0.6 is 0 Å². The molecule has 1 fully saturated rings. The Bertz CT molecular complexity index is 583. The Kier molecular flexibility index (Phi) is 6.17. The summed E-state index contributed by atoms with van der Waals surface area (Å²) < 4.78 is 0. The Labute approximate surface area is 141 Å². The van der Waals surface area contributed by atoms with E-state index in [4.69, 9.17) is 5.11 Å². The van der Waals surface area contributed by atoms with Crippen molar-refractivity contribution < 1.29 is 19.5 Å². The molecule has 0 aliphatic carbocycles. The fourth-order valence-corrected chi connectivity index (χ4v) is 2.81. The lowest BCUT2D eigenvalue weighted by Gasteiger charge is -2.34. The fraction of sp³-hybridized carbons (Fsp3) is 0.471. The average Bonchev–Trinajstić information content (AvgIpc) is 2.60.